The summed E-state index contributed by atoms with van der Waals surface area (Å²) in [6, 6.07) is 3.13. The molecule has 0 saturated carbocycles. The molecule has 0 aromatic carbocycles. The highest BCUT2D eigenvalue weighted by atomic mass is 19.1. The zero-order valence-electron chi connectivity index (χ0n) is 11.5. The van der Waals surface area contributed by atoms with Crippen LogP contribution < -0.4 is 10.5 Å². The first-order valence-electron chi connectivity index (χ1n) is 6.73. The van der Waals surface area contributed by atoms with Gasteiger partial charge in [0.2, 0.25) is 0 Å². The molecule has 2 aromatic rings. The minimum absolute atomic E-state index is 0.216. The van der Waals surface area contributed by atoms with Crippen LogP contribution >= 0.6 is 0 Å². The Balaban J connectivity index is 2.04. The number of halogens is 1. The number of aromatic nitrogens is 3. The maximum absolute atomic E-state index is 11.9. The van der Waals surface area contributed by atoms with Gasteiger partial charge in [0.1, 0.15) is 12.4 Å². The van der Waals surface area contributed by atoms with Gasteiger partial charge in [0.25, 0.3) is 0 Å². The van der Waals surface area contributed by atoms with Gasteiger partial charge in [-0.15, -0.1) is 0 Å². The van der Waals surface area contributed by atoms with Crippen LogP contribution in [0.2, 0.25) is 0 Å². The SMILES string of the molecule is CCCCc1nc2cc(OCC(N)C=CF)ccn2n1. The van der Waals surface area contributed by atoms with Gasteiger partial charge in [-0.05, 0) is 18.6 Å². The first kappa shape index (κ1) is 14.5. The van der Waals surface area contributed by atoms with Gasteiger partial charge in [-0.25, -0.2) is 13.9 Å². The van der Waals surface area contributed by atoms with Gasteiger partial charge in [0, 0.05) is 18.7 Å². The highest BCUT2D eigenvalue weighted by molar-refractivity contribution is 5.43. The second-order valence-corrected chi connectivity index (χ2v) is 4.59. The van der Waals surface area contributed by atoms with E-state index in [1.807, 2.05) is 0 Å². The number of nitrogens with zero attached hydrogens (tertiary/aromatic N) is 3. The van der Waals surface area contributed by atoms with E-state index in [1.165, 1.54) is 6.08 Å². The predicted molar refractivity (Wildman–Crippen MR) is 75.3 cm³/mol. The standard InChI is InChI=1S/C14H19FN4O/c1-2-3-4-13-17-14-9-12(6-8-19(14)18-13)20-10-11(16)5-7-15/h5-9,11H,2-4,10,16H2,1H3. The number of unbranched alkanes of at least 4 members (excludes halogenated alkanes) is 1. The van der Waals surface area contributed by atoms with Crippen molar-refractivity contribution in [3.63, 3.8) is 0 Å². The maximum Gasteiger partial charge on any atom is 0.159 e. The lowest BCUT2D eigenvalue weighted by Gasteiger charge is -2.08. The Labute approximate surface area is 117 Å². The van der Waals surface area contributed by atoms with Crippen molar-refractivity contribution in [3.05, 3.63) is 36.6 Å². The van der Waals surface area contributed by atoms with Crippen LogP contribution in [0.3, 0.4) is 0 Å². The highest BCUT2D eigenvalue weighted by Gasteiger charge is 2.05. The summed E-state index contributed by atoms with van der Waals surface area (Å²) in [5, 5.41) is 4.38. The number of fused-ring (bicyclic) bond motifs is 1. The fourth-order valence-corrected chi connectivity index (χ4v) is 1.78. The summed E-state index contributed by atoms with van der Waals surface area (Å²) in [5.41, 5.74) is 6.36. The third-order valence-corrected chi connectivity index (χ3v) is 2.87. The van der Waals surface area contributed by atoms with E-state index in [4.69, 9.17) is 10.5 Å². The Bertz CT molecular complexity index is 582. The molecule has 0 radical (unpaired) electrons. The summed E-state index contributed by atoms with van der Waals surface area (Å²) in [7, 11) is 0. The number of pyridine rings is 1. The maximum atomic E-state index is 11.9. The average Bonchev–Trinajstić information content (AvgIpc) is 2.85. The molecule has 5 nitrogen and oxygen atoms in total. The van der Waals surface area contributed by atoms with Crippen LogP contribution in [0.4, 0.5) is 4.39 Å². The van der Waals surface area contributed by atoms with Crippen molar-refractivity contribution in [1.82, 2.24) is 14.6 Å². The van der Waals surface area contributed by atoms with Crippen molar-refractivity contribution in [2.45, 2.75) is 32.2 Å². The summed E-state index contributed by atoms with van der Waals surface area (Å²) in [4.78, 5) is 4.44. The fraction of sp³-hybridized carbons (Fsp3) is 0.429. The van der Waals surface area contributed by atoms with Gasteiger partial charge in [-0.2, -0.15) is 5.10 Å². The largest absolute Gasteiger partial charge is 0.491 e. The second-order valence-electron chi connectivity index (χ2n) is 4.59. The van der Waals surface area contributed by atoms with Gasteiger partial charge >= 0.3 is 0 Å². The molecule has 6 heteroatoms. The van der Waals surface area contributed by atoms with Gasteiger partial charge in [-0.1, -0.05) is 13.3 Å². The monoisotopic (exact) mass is 278 g/mol. The zero-order valence-corrected chi connectivity index (χ0v) is 11.5. The molecule has 0 aliphatic carbocycles. The second kappa shape index (κ2) is 7.00. The molecule has 0 saturated heterocycles. The summed E-state index contributed by atoms with van der Waals surface area (Å²) >= 11 is 0. The summed E-state index contributed by atoms with van der Waals surface area (Å²) in [6.45, 7) is 2.35. The van der Waals surface area contributed by atoms with E-state index < -0.39 is 6.04 Å². The molecule has 1 unspecified atom stereocenters. The molecule has 0 fully saturated rings. The Hall–Kier alpha value is -1.95. The molecule has 2 N–H and O–H groups in total. The minimum Gasteiger partial charge on any atom is -0.491 e. The number of rotatable bonds is 7. The quantitative estimate of drug-likeness (QED) is 0.843. The molecule has 108 valence electrons. The molecule has 0 bridgehead atoms. The van der Waals surface area contributed by atoms with Crippen molar-refractivity contribution in [2.24, 2.45) is 5.73 Å². The molecular formula is C14H19FN4O. The van der Waals surface area contributed by atoms with Gasteiger partial charge in [0.15, 0.2) is 11.5 Å². The third kappa shape index (κ3) is 3.77. The van der Waals surface area contributed by atoms with E-state index in [0.29, 0.717) is 12.1 Å². The van der Waals surface area contributed by atoms with E-state index >= 15 is 0 Å². The lowest BCUT2D eigenvalue weighted by atomic mass is 10.2. The molecule has 0 aliphatic heterocycles. The molecular weight excluding hydrogens is 259 g/mol. The Morgan fingerprint density at radius 2 is 2.40 bits per heavy atom. The lowest BCUT2D eigenvalue weighted by Crippen LogP contribution is -2.25. The summed E-state index contributed by atoms with van der Waals surface area (Å²) in [5.74, 6) is 1.48. The first-order valence-corrected chi connectivity index (χ1v) is 6.73. The molecule has 0 spiro atoms. The number of aryl methyl sites for hydroxylation is 1. The first-order chi connectivity index (χ1) is 9.72. The van der Waals surface area contributed by atoms with E-state index in [-0.39, 0.29) is 6.61 Å². The smallest absolute Gasteiger partial charge is 0.159 e. The van der Waals surface area contributed by atoms with Crippen LogP contribution in [0.25, 0.3) is 5.65 Å². The van der Waals surface area contributed by atoms with E-state index in [2.05, 4.69) is 17.0 Å². The molecule has 20 heavy (non-hydrogen) atoms. The number of ether oxygens (including phenoxy) is 1. The van der Waals surface area contributed by atoms with E-state index in [9.17, 15) is 4.39 Å². The number of nitrogens with two attached hydrogens (primary N) is 1. The van der Waals surface area contributed by atoms with Gasteiger partial charge < -0.3 is 10.5 Å². The van der Waals surface area contributed by atoms with Crippen LogP contribution in [-0.2, 0) is 6.42 Å². The molecule has 2 aromatic heterocycles. The van der Waals surface area contributed by atoms with Crippen molar-refractivity contribution in [2.75, 3.05) is 6.61 Å². The minimum atomic E-state index is -0.464. The van der Waals surface area contributed by atoms with Crippen LogP contribution in [0.1, 0.15) is 25.6 Å². The molecule has 2 rings (SSSR count). The lowest BCUT2D eigenvalue weighted by molar-refractivity contribution is 0.305. The molecule has 1 atom stereocenters. The molecule has 0 aliphatic rings. The van der Waals surface area contributed by atoms with Crippen LogP contribution in [0.15, 0.2) is 30.7 Å². The number of hydrogen-bond donors (Lipinski definition) is 1. The van der Waals surface area contributed by atoms with Crippen LogP contribution in [-0.4, -0.2) is 27.2 Å². The molecule has 0 amide bonds. The third-order valence-electron chi connectivity index (χ3n) is 2.87. The average molecular weight is 278 g/mol. The zero-order chi connectivity index (χ0) is 14.4. The Kier molecular flexibility index (Phi) is 5.06. The summed E-state index contributed by atoms with van der Waals surface area (Å²) in [6.07, 6.45) is 6.53. The van der Waals surface area contributed by atoms with Crippen molar-refractivity contribution >= 4 is 5.65 Å². The van der Waals surface area contributed by atoms with Gasteiger partial charge in [-0.3, -0.25) is 0 Å². The van der Waals surface area contributed by atoms with Crippen LogP contribution in [0.5, 0.6) is 5.75 Å². The van der Waals surface area contributed by atoms with Crippen LogP contribution in [0, 0.1) is 0 Å². The van der Waals surface area contributed by atoms with Crippen molar-refractivity contribution < 1.29 is 9.13 Å². The highest BCUT2D eigenvalue weighted by Crippen LogP contribution is 2.14. The molecule has 2 heterocycles. The fourth-order valence-electron chi connectivity index (χ4n) is 1.78. The van der Waals surface area contributed by atoms with Crippen molar-refractivity contribution in [3.8, 4) is 5.75 Å². The van der Waals surface area contributed by atoms with Crippen molar-refractivity contribution in [1.29, 1.82) is 0 Å². The Morgan fingerprint density at radius 1 is 1.55 bits per heavy atom. The normalized spacial score (nSPS) is 13.2. The Morgan fingerprint density at radius 3 is 3.15 bits per heavy atom. The number of hydrogen-bond acceptors (Lipinski definition) is 4. The predicted octanol–water partition coefficient (Wildman–Crippen LogP) is 2.26. The summed E-state index contributed by atoms with van der Waals surface area (Å²) < 4.78 is 19.2. The van der Waals surface area contributed by atoms with E-state index in [0.717, 1.165) is 30.7 Å². The van der Waals surface area contributed by atoms with Gasteiger partial charge in [0.05, 0.1) is 12.4 Å². The topological polar surface area (TPSA) is 65.4 Å². The van der Waals surface area contributed by atoms with E-state index in [1.54, 1.807) is 22.8 Å².